The Hall–Kier alpha value is -0.180. The summed E-state index contributed by atoms with van der Waals surface area (Å²) in [5.41, 5.74) is 0. The molecule has 112 valence electrons. The normalized spacial score (nSPS) is 24.1. The van der Waals surface area contributed by atoms with Crippen LogP contribution in [0.4, 0.5) is 0 Å². The first-order valence-corrected chi connectivity index (χ1v) is 9.19. The molecule has 2 saturated heterocycles. The minimum atomic E-state index is -3.44. The van der Waals surface area contributed by atoms with Crippen LogP contribution in [0.1, 0.15) is 19.3 Å². The Morgan fingerprint density at radius 2 is 1.85 bits per heavy atom. The van der Waals surface area contributed by atoms with E-state index in [4.69, 9.17) is 21.1 Å². The molecule has 2 aliphatic rings. The molecule has 2 fully saturated rings. The summed E-state index contributed by atoms with van der Waals surface area (Å²) in [6, 6.07) is 3.16. The van der Waals surface area contributed by atoms with Crippen LogP contribution in [0.15, 0.2) is 16.3 Å². The Balaban J connectivity index is 1.71. The van der Waals surface area contributed by atoms with E-state index in [0.29, 0.717) is 47.7 Å². The molecule has 0 bridgehead atoms. The van der Waals surface area contributed by atoms with E-state index in [-0.39, 0.29) is 0 Å². The second-order valence-corrected chi connectivity index (χ2v) is 8.80. The first-order valence-electron chi connectivity index (χ1n) is 6.55. The molecule has 0 aromatic carbocycles. The fourth-order valence-corrected chi connectivity index (χ4v) is 5.61. The summed E-state index contributed by atoms with van der Waals surface area (Å²) in [5.74, 6) is -0.572. The standard InChI is InChI=1S/C12H16ClNO4S2/c13-10-2-3-11(19-10)20(15,16)14-6-4-12(5-7-14)17-8-1-9-18-12/h2-3H,1,4-9H2. The molecule has 0 N–H and O–H groups in total. The van der Waals surface area contributed by atoms with Gasteiger partial charge in [0.2, 0.25) is 0 Å². The van der Waals surface area contributed by atoms with Crippen LogP contribution in [0.5, 0.6) is 0 Å². The van der Waals surface area contributed by atoms with Crippen molar-refractivity contribution >= 4 is 33.0 Å². The van der Waals surface area contributed by atoms with E-state index in [1.165, 1.54) is 4.31 Å². The molecular weight excluding hydrogens is 322 g/mol. The quantitative estimate of drug-likeness (QED) is 0.831. The van der Waals surface area contributed by atoms with Crippen molar-refractivity contribution in [1.29, 1.82) is 0 Å². The van der Waals surface area contributed by atoms with Gasteiger partial charge in [-0.25, -0.2) is 8.42 Å². The lowest BCUT2D eigenvalue weighted by atomic mass is 10.0. The van der Waals surface area contributed by atoms with Crippen molar-refractivity contribution in [3.8, 4) is 0 Å². The van der Waals surface area contributed by atoms with Crippen LogP contribution < -0.4 is 0 Å². The van der Waals surface area contributed by atoms with E-state index in [2.05, 4.69) is 0 Å². The highest BCUT2D eigenvalue weighted by molar-refractivity contribution is 7.91. The summed E-state index contributed by atoms with van der Waals surface area (Å²) in [6.07, 6.45) is 2.05. The predicted molar refractivity (Wildman–Crippen MR) is 76.6 cm³/mol. The van der Waals surface area contributed by atoms with Gasteiger partial charge in [-0.15, -0.1) is 11.3 Å². The van der Waals surface area contributed by atoms with Gasteiger partial charge >= 0.3 is 0 Å². The summed E-state index contributed by atoms with van der Waals surface area (Å²) in [4.78, 5) is 0. The van der Waals surface area contributed by atoms with Gasteiger partial charge in [0.25, 0.3) is 10.0 Å². The molecule has 0 atom stereocenters. The predicted octanol–water partition coefficient (Wildman–Crippen LogP) is 2.32. The van der Waals surface area contributed by atoms with Crippen molar-refractivity contribution in [2.45, 2.75) is 29.3 Å². The minimum absolute atomic E-state index is 0.295. The van der Waals surface area contributed by atoms with E-state index in [1.807, 2.05) is 0 Å². The van der Waals surface area contributed by atoms with E-state index in [0.717, 1.165) is 17.8 Å². The summed E-state index contributed by atoms with van der Waals surface area (Å²) < 4.78 is 38.6. The van der Waals surface area contributed by atoms with E-state index >= 15 is 0 Å². The van der Waals surface area contributed by atoms with Crippen molar-refractivity contribution in [3.63, 3.8) is 0 Å². The highest BCUT2D eigenvalue weighted by Gasteiger charge is 2.41. The van der Waals surface area contributed by atoms with Crippen molar-refractivity contribution in [2.75, 3.05) is 26.3 Å². The van der Waals surface area contributed by atoms with Crippen LogP contribution in [-0.2, 0) is 19.5 Å². The Bertz CT molecular complexity index is 570. The maximum absolute atomic E-state index is 12.5. The molecule has 1 aromatic rings. The Morgan fingerprint density at radius 1 is 1.20 bits per heavy atom. The lowest BCUT2D eigenvalue weighted by Crippen LogP contribution is -2.51. The number of hydrogen-bond acceptors (Lipinski definition) is 5. The first kappa shape index (κ1) is 14.7. The van der Waals surface area contributed by atoms with Crippen LogP contribution in [0, 0.1) is 0 Å². The number of rotatable bonds is 2. The molecule has 0 amide bonds. The monoisotopic (exact) mass is 337 g/mol. The zero-order chi connectivity index (χ0) is 14.2. The summed E-state index contributed by atoms with van der Waals surface area (Å²) >= 11 is 6.91. The molecule has 0 aliphatic carbocycles. The lowest BCUT2D eigenvalue weighted by molar-refractivity contribution is -0.280. The van der Waals surface area contributed by atoms with Crippen LogP contribution >= 0.6 is 22.9 Å². The van der Waals surface area contributed by atoms with Gasteiger partial charge in [0.05, 0.1) is 17.6 Å². The third-order valence-electron chi connectivity index (χ3n) is 3.65. The Labute approximate surface area is 127 Å². The molecule has 0 radical (unpaired) electrons. The maximum Gasteiger partial charge on any atom is 0.252 e. The maximum atomic E-state index is 12.5. The van der Waals surface area contributed by atoms with Crippen molar-refractivity contribution in [2.24, 2.45) is 0 Å². The number of thiophene rings is 1. The molecule has 8 heteroatoms. The SMILES string of the molecule is O=S(=O)(c1ccc(Cl)s1)N1CCC2(CC1)OCCCO2. The van der Waals surface area contributed by atoms with Gasteiger partial charge in [0, 0.05) is 25.9 Å². The van der Waals surface area contributed by atoms with Gasteiger partial charge in [-0.2, -0.15) is 4.31 Å². The second kappa shape index (κ2) is 5.55. The second-order valence-electron chi connectivity index (χ2n) is 4.92. The van der Waals surface area contributed by atoms with Gasteiger partial charge in [-0.3, -0.25) is 0 Å². The smallest absolute Gasteiger partial charge is 0.252 e. The van der Waals surface area contributed by atoms with Crippen LogP contribution in [0.2, 0.25) is 4.34 Å². The number of sulfonamides is 1. The number of ether oxygens (including phenoxy) is 2. The van der Waals surface area contributed by atoms with Gasteiger partial charge in [-0.1, -0.05) is 11.6 Å². The zero-order valence-electron chi connectivity index (χ0n) is 10.9. The molecule has 3 heterocycles. The van der Waals surface area contributed by atoms with Crippen LogP contribution in [0.25, 0.3) is 0 Å². The van der Waals surface area contributed by atoms with Crippen LogP contribution in [-0.4, -0.2) is 44.8 Å². The number of halogens is 1. The molecule has 0 unspecified atom stereocenters. The summed E-state index contributed by atoms with van der Waals surface area (Å²) in [5, 5.41) is 0. The molecule has 5 nitrogen and oxygen atoms in total. The molecule has 2 aliphatic heterocycles. The van der Waals surface area contributed by atoms with Gasteiger partial charge in [0.15, 0.2) is 5.79 Å². The average molecular weight is 338 g/mol. The van der Waals surface area contributed by atoms with Crippen molar-refractivity contribution < 1.29 is 17.9 Å². The summed E-state index contributed by atoms with van der Waals surface area (Å²) in [7, 11) is -3.44. The molecule has 0 saturated carbocycles. The minimum Gasteiger partial charge on any atom is -0.350 e. The van der Waals surface area contributed by atoms with E-state index < -0.39 is 15.8 Å². The first-order chi connectivity index (χ1) is 9.52. The third-order valence-corrected chi connectivity index (χ3v) is 7.24. The fraction of sp³-hybridized carbons (Fsp3) is 0.667. The summed E-state index contributed by atoms with van der Waals surface area (Å²) in [6.45, 7) is 2.20. The largest absolute Gasteiger partial charge is 0.350 e. The fourth-order valence-electron chi connectivity index (χ4n) is 2.54. The number of hydrogen-bond donors (Lipinski definition) is 0. The average Bonchev–Trinajstić information content (AvgIpc) is 2.88. The molecular formula is C12H16ClNO4S2. The van der Waals surface area contributed by atoms with E-state index in [9.17, 15) is 8.42 Å². The molecule has 20 heavy (non-hydrogen) atoms. The molecule has 3 rings (SSSR count). The van der Waals surface area contributed by atoms with E-state index in [1.54, 1.807) is 12.1 Å². The third kappa shape index (κ3) is 2.75. The van der Waals surface area contributed by atoms with Crippen molar-refractivity contribution in [3.05, 3.63) is 16.5 Å². The van der Waals surface area contributed by atoms with Crippen LogP contribution in [0.3, 0.4) is 0 Å². The number of piperidine rings is 1. The van der Waals surface area contributed by atoms with Gasteiger partial charge in [-0.05, 0) is 18.6 Å². The van der Waals surface area contributed by atoms with Gasteiger partial charge in [0.1, 0.15) is 4.21 Å². The Morgan fingerprint density at radius 3 is 2.40 bits per heavy atom. The Kier molecular flexibility index (Phi) is 4.09. The highest BCUT2D eigenvalue weighted by Crippen LogP contribution is 2.34. The zero-order valence-corrected chi connectivity index (χ0v) is 13.3. The lowest BCUT2D eigenvalue weighted by Gasteiger charge is -2.42. The topological polar surface area (TPSA) is 55.8 Å². The molecule has 1 spiro atoms. The van der Waals surface area contributed by atoms with Gasteiger partial charge < -0.3 is 9.47 Å². The highest BCUT2D eigenvalue weighted by atomic mass is 35.5. The molecule has 1 aromatic heterocycles. The number of nitrogens with zero attached hydrogens (tertiary/aromatic N) is 1. The van der Waals surface area contributed by atoms with Crippen molar-refractivity contribution in [1.82, 2.24) is 4.31 Å².